The number of halogens is 1. The molecule has 100 valence electrons. The molecule has 1 unspecified atom stereocenters. The van der Waals surface area contributed by atoms with E-state index in [4.69, 9.17) is 4.74 Å². The molecule has 1 atom stereocenters. The number of aryl methyl sites for hydroxylation is 1. The van der Waals surface area contributed by atoms with Crippen molar-refractivity contribution in [3.05, 3.63) is 29.3 Å². The van der Waals surface area contributed by atoms with Gasteiger partial charge < -0.3 is 4.74 Å². The van der Waals surface area contributed by atoms with Gasteiger partial charge in [0.2, 0.25) is 0 Å². The molecule has 18 heavy (non-hydrogen) atoms. The van der Waals surface area contributed by atoms with Crippen molar-refractivity contribution < 1.29 is 4.74 Å². The summed E-state index contributed by atoms with van der Waals surface area (Å²) < 4.78 is 5.79. The Morgan fingerprint density at radius 3 is 2.61 bits per heavy atom. The van der Waals surface area contributed by atoms with Gasteiger partial charge in [0.1, 0.15) is 5.75 Å². The van der Waals surface area contributed by atoms with Gasteiger partial charge in [0.15, 0.2) is 0 Å². The molecule has 1 nitrogen and oxygen atoms in total. The fraction of sp³-hybridized carbons (Fsp3) is 0.625. The summed E-state index contributed by atoms with van der Waals surface area (Å²) in [5, 5.41) is 0. The van der Waals surface area contributed by atoms with Crippen LogP contribution in [0.1, 0.15) is 55.5 Å². The first-order valence-corrected chi connectivity index (χ1v) is 7.86. The molecule has 0 radical (unpaired) electrons. The third kappa shape index (κ3) is 2.74. The normalized spacial score (nSPS) is 19.8. The summed E-state index contributed by atoms with van der Waals surface area (Å²) in [4.78, 5) is 0.397. The van der Waals surface area contributed by atoms with Crippen molar-refractivity contribution in [1.29, 1.82) is 0 Å². The van der Waals surface area contributed by atoms with Crippen molar-refractivity contribution in [2.45, 2.75) is 51.3 Å². The lowest BCUT2D eigenvalue weighted by Gasteiger charge is -2.31. The molecule has 1 saturated carbocycles. The number of ether oxygens (including phenoxy) is 1. The Morgan fingerprint density at radius 2 is 2.00 bits per heavy atom. The molecule has 0 bridgehead atoms. The van der Waals surface area contributed by atoms with Crippen LogP contribution in [0.4, 0.5) is 0 Å². The van der Waals surface area contributed by atoms with Gasteiger partial charge in [-0.05, 0) is 38.2 Å². The van der Waals surface area contributed by atoms with Gasteiger partial charge >= 0.3 is 0 Å². The van der Waals surface area contributed by atoms with Gasteiger partial charge in [0.05, 0.1) is 6.61 Å². The fourth-order valence-corrected chi connectivity index (χ4v) is 3.78. The molecule has 0 spiro atoms. The SMILES string of the molecule is CCOc1ccc(C)cc1C(Br)C1(C)CCCC1. The Labute approximate surface area is 119 Å². The van der Waals surface area contributed by atoms with Crippen molar-refractivity contribution in [2.75, 3.05) is 6.61 Å². The minimum Gasteiger partial charge on any atom is -0.494 e. The maximum Gasteiger partial charge on any atom is 0.123 e. The predicted molar refractivity (Wildman–Crippen MR) is 80.6 cm³/mol. The summed E-state index contributed by atoms with van der Waals surface area (Å²) in [6, 6.07) is 6.51. The van der Waals surface area contributed by atoms with Crippen molar-refractivity contribution in [2.24, 2.45) is 5.41 Å². The molecule has 1 aliphatic rings. The monoisotopic (exact) mass is 310 g/mol. The van der Waals surface area contributed by atoms with Crippen LogP contribution in [0.25, 0.3) is 0 Å². The molecular weight excluding hydrogens is 288 g/mol. The van der Waals surface area contributed by atoms with E-state index >= 15 is 0 Å². The van der Waals surface area contributed by atoms with Crippen LogP contribution in [0.5, 0.6) is 5.75 Å². The van der Waals surface area contributed by atoms with Crippen LogP contribution in [-0.2, 0) is 0 Å². The number of benzene rings is 1. The van der Waals surface area contributed by atoms with E-state index in [2.05, 4.69) is 48.0 Å². The highest BCUT2D eigenvalue weighted by atomic mass is 79.9. The molecule has 2 heteroatoms. The number of hydrogen-bond donors (Lipinski definition) is 0. The first kappa shape index (κ1) is 13.9. The average molecular weight is 311 g/mol. The van der Waals surface area contributed by atoms with E-state index in [1.54, 1.807) is 0 Å². The van der Waals surface area contributed by atoms with Crippen LogP contribution in [-0.4, -0.2) is 6.61 Å². The minimum atomic E-state index is 0.375. The van der Waals surface area contributed by atoms with Gasteiger partial charge in [0, 0.05) is 10.4 Å². The van der Waals surface area contributed by atoms with Gasteiger partial charge in [-0.3, -0.25) is 0 Å². The van der Waals surface area contributed by atoms with Crippen LogP contribution in [0.3, 0.4) is 0 Å². The molecule has 1 aromatic carbocycles. The molecule has 1 aliphatic carbocycles. The zero-order valence-electron chi connectivity index (χ0n) is 11.6. The smallest absolute Gasteiger partial charge is 0.123 e. The lowest BCUT2D eigenvalue weighted by Crippen LogP contribution is -2.18. The van der Waals surface area contributed by atoms with E-state index in [0.29, 0.717) is 10.2 Å². The van der Waals surface area contributed by atoms with Crippen LogP contribution in [0.2, 0.25) is 0 Å². The van der Waals surface area contributed by atoms with Gasteiger partial charge in [0.25, 0.3) is 0 Å². The highest BCUT2D eigenvalue weighted by Crippen LogP contribution is 2.53. The fourth-order valence-electron chi connectivity index (χ4n) is 2.96. The molecule has 0 heterocycles. The van der Waals surface area contributed by atoms with Crippen LogP contribution in [0.15, 0.2) is 18.2 Å². The standard InChI is InChI=1S/C16H23BrO/c1-4-18-14-8-7-12(2)11-13(14)15(17)16(3)9-5-6-10-16/h7-8,11,15H,4-6,9-10H2,1-3H3. The second kappa shape index (κ2) is 5.64. The van der Waals surface area contributed by atoms with Crippen LogP contribution < -0.4 is 4.74 Å². The Bertz CT molecular complexity index is 408. The molecule has 1 fully saturated rings. The lowest BCUT2D eigenvalue weighted by atomic mass is 9.81. The highest BCUT2D eigenvalue weighted by molar-refractivity contribution is 9.09. The van der Waals surface area contributed by atoms with Gasteiger partial charge in [-0.1, -0.05) is 53.4 Å². The van der Waals surface area contributed by atoms with Crippen molar-refractivity contribution >= 4 is 15.9 Å². The van der Waals surface area contributed by atoms with Crippen molar-refractivity contribution in [3.8, 4) is 5.75 Å². The summed E-state index contributed by atoms with van der Waals surface area (Å²) in [7, 11) is 0. The predicted octanol–water partition coefficient (Wildman–Crippen LogP) is 5.41. The van der Waals surface area contributed by atoms with Gasteiger partial charge in [-0.25, -0.2) is 0 Å². The summed E-state index contributed by atoms with van der Waals surface area (Å²) in [5.74, 6) is 1.04. The number of rotatable bonds is 4. The average Bonchev–Trinajstić information content (AvgIpc) is 2.79. The Kier molecular flexibility index (Phi) is 4.37. The molecule has 0 aliphatic heterocycles. The molecule has 0 N–H and O–H groups in total. The maximum absolute atomic E-state index is 5.79. The quantitative estimate of drug-likeness (QED) is 0.676. The molecule has 1 aromatic rings. The number of hydrogen-bond acceptors (Lipinski definition) is 1. The second-order valence-corrected chi connectivity index (χ2v) is 6.61. The first-order chi connectivity index (χ1) is 8.57. The molecule has 0 aromatic heterocycles. The summed E-state index contributed by atoms with van der Waals surface area (Å²) in [6.45, 7) is 7.32. The molecule has 2 rings (SSSR count). The Balaban J connectivity index is 2.33. The van der Waals surface area contributed by atoms with E-state index in [-0.39, 0.29) is 0 Å². The van der Waals surface area contributed by atoms with Crippen LogP contribution in [0, 0.1) is 12.3 Å². The Morgan fingerprint density at radius 1 is 1.33 bits per heavy atom. The van der Waals surface area contributed by atoms with Gasteiger partial charge in [-0.15, -0.1) is 0 Å². The number of alkyl halides is 1. The van der Waals surface area contributed by atoms with E-state index < -0.39 is 0 Å². The first-order valence-electron chi connectivity index (χ1n) is 6.94. The third-order valence-corrected chi connectivity index (χ3v) is 5.69. The summed E-state index contributed by atoms with van der Waals surface area (Å²) >= 11 is 3.94. The van der Waals surface area contributed by atoms with E-state index in [1.807, 2.05) is 6.92 Å². The highest BCUT2D eigenvalue weighted by Gasteiger charge is 2.37. The summed E-state index contributed by atoms with van der Waals surface area (Å²) in [6.07, 6.45) is 5.33. The third-order valence-electron chi connectivity index (χ3n) is 4.10. The van der Waals surface area contributed by atoms with Crippen LogP contribution >= 0.6 is 15.9 Å². The molecular formula is C16H23BrO. The summed E-state index contributed by atoms with van der Waals surface area (Å²) in [5.41, 5.74) is 3.00. The van der Waals surface area contributed by atoms with E-state index in [0.717, 1.165) is 12.4 Å². The zero-order chi connectivity index (χ0) is 13.2. The van der Waals surface area contributed by atoms with Crippen molar-refractivity contribution in [3.63, 3.8) is 0 Å². The molecule has 0 amide bonds. The lowest BCUT2D eigenvalue weighted by molar-refractivity contribution is 0.306. The van der Waals surface area contributed by atoms with Crippen molar-refractivity contribution in [1.82, 2.24) is 0 Å². The van der Waals surface area contributed by atoms with Gasteiger partial charge in [-0.2, -0.15) is 0 Å². The zero-order valence-corrected chi connectivity index (χ0v) is 13.2. The largest absolute Gasteiger partial charge is 0.494 e. The van der Waals surface area contributed by atoms with E-state index in [1.165, 1.54) is 36.8 Å². The molecule has 0 saturated heterocycles. The van der Waals surface area contributed by atoms with E-state index in [9.17, 15) is 0 Å². The maximum atomic E-state index is 5.79. The Hall–Kier alpha value is -0.500. The minimum absolute atomic E-state index is 0.375. The second-order valence-electron chi connectivity index (χ2n) is 5.70. The topological polar surface area (TPSA) is 9.23 Å².